The summed E-state index contributed by atoms with van der Waals surface area (Å²) in [6.45, 7) is 9.72. The molecule has 34 heavy (non-hydrogen) atoms. The zero-order valence-corrected chi connectivity index (χ0v) is 23.8. The smallest absolute Gasteiger partial charge is 0.267 e. The molecular formula is C19H39O12P3-4. The van der Waals surface area contributed by atoms with Crippen LogP contribution in [0.2, 0.25) is 0 Å². The molecule has 0 aliphatic carbocycles. The Morgan fingerprint density at radius 3 is 0.971 bits per heavy atom. The molecule has 0 aromatic rings. The van der Waals surface area contributed by atoms with E-state index in [9.17, 15) is 33.3 Å². The SMILES string of the molecule is CCC(C)(CC)COP(=O)([O-])OCC(C)(COP(=O)([O-])[O-])COP(=O)([O-])OCC(C)(CC)CC. The summed E-state index contributed by atoms with van der Waals surface area (Å²) in [4.78, 5) is 46.3. The van der Waals surface area contributed by atoms with Gasteiger partial charge in [-0.1, -0.05) is 48.5 Å². The van der Waals surface area contributed by atoms with E-state index in [-0.39, 0.29) is 13.2 Å². The second-order valence-electron chi connectivity index (χ2n) is 9.56. The fraction of sp³-hybridized carbons (Fsp3) is 1.00. The van der Waals surface area contributed by atoms with Crippen LogP contribution in [0.4, 0.5) is 0 Å². The third-order valence-electron chi connectivity index (χ3n) is 6.27. The Labute approximate surface area is 203 Å². The molecule has 2 unspecified atom stereocenters. The molecule has 0 saturated heterocycles. The van der Waals surface area contributed by atoms with Gasteiger partial charge >= 0.3 is 0 Å². The van der Waals surface area contributed by atoms with Crippen molar-refractivity contribution in [3.8, 4) is 0 Å². The predicted molar refractivity (Wildman–Crippen MR) is 118 cm³/mol. The van der Waals surface area contributed by atoms with Gasteiger partial charge < -0.3 is 46.8 Å². The van der Waals surface area contributed by atoms with Crippen LogP contribution in [-0.4, -0.2) is 33.0 Å². The fourth-order valence-corrected chi connectivity index (χ4v) is 4.78. The van der Waals surface area contributed by atoms with Gasteiger partial charge in [0.1, 0.15) is 0 Å². The molecule has 0 aromatic heterocycles. The molecular weight excluding hydrogens is 513 g/mol. The largest absolute Gasteiger partial charge is 0.790 e. The minimum Gasteiger partial charge on any atom is -0.790 e. The van der Waals surface area contributed by atoms with Gasteiger partial charge in [0.25, 0.3) is 15.6 Å². The van der Waals surface area contributed by atoms with Crippen LogP contribution in [0.3, 0.4) is 0 Å². The van der Waals surface area contributed by atoms with Crippen molar-refractivity contribution in [2.24, 2.45) is 16.2 Å². The minimum atomic E-state index is -5.45. The molecule has 0 aliphatic rings. The van der Waals surface area contributed by atoms with E-state index in [1.165, 1.54) is 6.92 Å². The monoisotopic (exact) mass is 552 g/mol. The summed E-state index contributed by atoms with van der Waals surface area (Å²) in [6, 6.07) is 0. The lowest BCUT2D eigenvalue weighted by molar-refractivity contribution is -0.343. The molecule has 0 aromatic carbocycles. The first-order valence-corrected chi connectivity index (χ1v) is 15.5. The molecule has 206 valence electrons. The van der Waals surface area contributed by atoms with Crippen molar-refractivity contribution in [1.82, 2.24) is 0 Å². The molecule has 0 saturated carbocycles. The quantitative estimate of drug-likeness (QED) is 0.213. The highest BCUT2D eigenvalue weighted by atomic mass is 31.2. The van der Waals surface area contributed by atoms with Crippen LogP contribution in [0, 0.1) is 16.2 Å². The minimum absolute atomic E-state index is 0.141. The van der Waals surface area contributed by atoms with Gasteiger partial charge in [0.2, 0.25) is 0 Å². The van der Waals surface area contributed by atoms with E-state index in [1.54, 1.807) is 0 Å². The van der Waals surface area contributed by atoms with E-state index < -0.39 is 59.5 Å². The Bertz CT molecular complexity index is 699. The average molecular weight is 552 g/mol. The number of phosphoric ester groups is 3. The zero-order valence-electron chi connectivity index (χ0n) is 21.1. The normalized spacial score (nSPS) is 18.8. The van der Waals surface area contributed by atoms with E-state index in [1.807, 2.05) is 41.5 Å². The molecule has 12 nitrogen and oxygen atoms in total. The second kappa shape index (κ2) is 13.8. The summed E-state index contributed by atoms with van der Waals surface area (Å²) in [7, 11) is -15.1. The number of hydrogen-bond donors (Lipinski definition) is 0. The van der Waals surface area contributed by atoms with Crippen LogP contribution in [0.5, 0.6) is 0 Å². The van der Waals surface area contributed by atoms with Crippen LogP contribution >= 0.6 is 23.5 Å². The van der Waals surface area contributed by atoms with Gasteiger partial charge in [-0.3, -0.25) is 9.13 Å². The summed E-state index contributed by atoms with van der Waals surface area (Å²) in [5, 5.41) is 0. The zero-order chi connectivity index (χ0) is 26.9. The van der Waals surface area contributed by atoms with E-state index >= 15 is 0 Å². The molecule has 0 bridgehead atoms. The average Bonchev–Trinajstić information content (AvgIpc) is 2.77. The number of phosphoric acid groups is 3. The summed E-state index contributed by atoms with van der Waals surface area (Å²) in [5.74, 6) is 0. The van der Waals surface area contributed by atoms with E-state index in [2.05, 4.69) is 4.52 Å². The lowest BCUT2D eigenvalue weighted by Gasteiger charge is -2.38. The Kier molecular flexibility index (Phi) is 13.9. The van der Waals surface area contributed by atoms with Crippen molar-refractivity contribution in [1.29, 1.82) is 0 Å². The van der Waals surface area contributed by atoms with Crippen molar-refractivity contribution in [3.63, 3.8) is 0 Å². The second-order valence-corrected chi connectivity index (χ2v) is 13.5. The Morgan fingerprint density at radius 1 is 0.500 bits per heavy atom. The number of hydrogen-bond acceptors (Lipinski definition) is 12. The molecule has 0 amide bonds. The summed E-state index contributed by atoms with van der Waals surface area (Å²) in [6.07, 6.45) is 2.61. The van der Waals surface area contributed by atoms with Gasteiger partial charge in [-0.25, -0.2) is 0 Å². The summed E-state index contributed by atoms with van der Waals surface area (Å²) in [5.41, 5.74) is -2.49. The lowest BCUT2D eigenvalue weighted by atomic mass is 9.86. The van der Waals surface area contributed by atoms with Crippen LogP contribution < -0.4 is 19.6 Å². The highest BCUT2D eigenvalue weighted by Crippen LogP contribution is 2.46. The molecule has 0 heterocycles. The molecule has 15 heteroatoms. The van der Waals surface area contributed by atoms with E-state index in [0.29, 0.717) is 25.7 Å². The molecule has 0 spiro atoms. The van der Waals surface area contributed by atoms with Gasteiger partial charge in [-0.05, 0) is 36.5 Å². The number of rotatable bonds is 19. The van der Waals surface area contributed by atoms with Crippen molar-refractivity contribution in [3.05, 3.63) is 0 Å². The summed E-state index contributed by atoms with van der Waals surface area (Å²) < 4.78 is 59.2. The lowest BCUT2D eigenvalue weighted by Crippen LogP contribution is -2.36. The maximum Gasteiger partial charge on any atom is 0.267 e. The summed E-state index contributed by atoms with van der Waals surface area (Å²) >= 11 is 0. The van der Waals surface area contributed by atoms with Crippen LogP contribution in [0.25, 0.3) is 0 Å². The Morgan fingerprint density at radius 2 is 0.735 bits per heavy atom. The van der Waals surface area contributed by atoms with Gasteiger partial charge in [-0.2, -0.15) is 0 Å². The molecule has 0 radical (unpaired) electrons. The highest BCUT2D eigenvalue weighted by molar-refractivity contribution is 7.46. The van der Waals surface area contributed by atoms with Crippen molar-refractivity contribution in [2.75, 3.05) is 33.0 Å². The maximum atomic E-state index is 12.2. The molecule has 0 N–H and O–H groups in total. The van der Waals surface area contributed by atoms with Crippen LogP contribution in [0.15, 0.2) is 0 Å². The van der Waals surface area contributed by atoms with Crippen molar-refractivity contribution < 1.29 is 55.9 Å². The molecule has 0 fully saturated rings. The third kappa shape index (κ3) is 14.2. The molecule has 2 atom stereocenters. The van der Waals surface area contributed by atoms with Crippen LogP contribution in [-0.2, 0) is 36.3 Å². The first-order chi connectivity index (χ1) is 15.3. The van der Waals surface area contributed by atoms with Gasteiger partial charge in [0, 0.05) is 5.41 Å². The molecule has 0 rings (SSSR count). The standard InChI is InChI=1S/C19H43O12P3/c1-8-17(5,9-2)12-28-33(23,24)30-15-19(7,14-27-32(20,21)22)16-31-34(25,26)29-13-18(6,10-3)11-4/h8-16H2,1-7H3,(H,23,24)(H,25,26)(H2,20,21,22)/p-4. The third-order valence-corrected chi connectivity index (χ3v) is 8.50. The highest BCUT2D eigenvalue weighted by Gasteiger charge is 2.32. The van der Waals surface area contributed by atoms with E-state index in [4.69, 9.17) is 18.1 Å². The first kappa shape index (κ1) is 34.3. The maximum absolute atomic E-state index is 12.2. The van der Waals surface area contributed by atoms with Gasteiger partial charge in [-0.15, -0.1) is 0 Å². The van der Waals surface area contributed by atoms with Crippen molar-refractivity contribution in [2.45, 2.75) is 74.1 Å². The van der Waals surface area contributed by atoms with Gasteiger partial charge in [0.05, 0.1) is 40.9 Å². The Hall–Kier alpha value is 0.330. The predicted octanol–water partition coefficient (Wildman–Crippen LogP) is 2.49. The molecule has 0 aliphatic heterocycles. The van der Waals surface area contributed by atoms with Crippen LogP contribution in [0.1, 0.15) is 74.1 Å². The van der Waals surface area contributed by atoms with E-state index in [0.717, 1.165) is 0 Å². The fourth-order valence-electron chi connectivity index (χ4n) is 2.28. The Balaban J connectivity index is 5.28. The van der Waals surface area contributed by atoms with Crippen molar-refractivity contribution >= 4 is 23.5 Å². The first-order valence-electron chi connectivity index (χ1n) is 11.1. The topological polar surface area (TPSA) is 190 Å². The van der Waals surface area contributed by atoms with Gasteiger partial charge in [0.15, 0.2) is 0 Å².